The maximum Gasteiger partial charge on any atom is 0.146 e. The molecule has 1 nitrogen and oxygen atoms in total. The highest BCUT2D eigenvalue weighted by atomic mass is 19.1. The first-order valence-corrected chi connectivity index (χ1v) is 7.06. The average molecular weight is 265 g/mol. The van der Waals surface area contributed by atoms with Crippen molar-refractivity contribution in [3.63, 3.8) is 0 Å². The summed E-state index contributed by atoms with van der Waals surface area (Å²) in [7, 11) is 0. The molecule has 3 rings (SSSR count). The molecule has 2 bridgehead atoms. The van der Waals surface area contributed by atoms with Gasteiger partial charge < -0.3 is 5.32 Å². The number of halogens is 2. The Morgan fingerprint density at radius 2 is 1.95 bits per heavy atom. The van der Waals surface area contributed by atoms with Crippen molar-refractivity contribution in [3.05, 3.63) is 29.8 Å². The Hall–Kier alpha value is -1.12. The van der Waals surface area contributed by atoms with Gasteiger partial charge in [0.25, 0.3) is 0 Å². The third kappa shape index (κ3) is 1.70. The van der Waals surface area contributed by atoms with Crippen molar-refractivity contribution in [1.29, 1.82) is 0 Å². The van der Waals surface area contributed by atoms with Crippen LogP contribution in [0.3, 0.4) is 0 Å². The normalized spacial score (nSPS) is 35.6. The fourth-order valence-corrected chi connectivity index (χ4v) is 4.22. The summed E-state index contributed by atoms with van der Waals surface area (Å²) in [4.78, 5) is 0. The number of rotatable bonds is 2. The van der Waals surface area contributed by atoms with Gasteiger partial charge in [0.05, 0.1) is 5.69 Å². The van der Waals surface area contributed by atoms with E-state index in [1.54, 1.807) is 0 Å². The quantitative estimate of drug-likeness (QED) is 0.824. The first-order valence-electron chi connectivity index (χ1n) is 7.06. The van der Waals surface area contributed by atoms with Crippen molar-refractivity contribution < 1.29 is 8.78 Å². The molecule has 104 valence electrons. The molecule has 2 fully saturated rings. The van der Waals surface area contributed by atoms with Crippen LogP contribution < -0.4 is 5.32 Å². The first kappa shape index (κ1) is 12.9. The number of hydrogen-bond acceptors (Lipinski definition) is 1. The van der Waals surface area contributed by atoms with Crippen LogP contribution in [0.5, 0.6) is 0 Å². The molecule has 0 saturated heterocycles. The van der Waals surface area contributed by atoms with E-state index in [0.29, 0.717) is 11.6 Å². The van der Waals surface area contributed by atoms with Crippen molar-refractivity contribution in [1.82, 2.24) is 0 Å². The minimum absolute atomic E-state index is 0.163. The Morgan fingerprint density at radius 1 is 1.21 bits per heavy atom. The molecule has 1 N–H and O–H groups in total. The Labute approximate surface area is 113 Å². The SMILES string of the molecule is CC1(C)C2CCC1(C)C(Nc1cc(F)ccc1F)C2. The molecule has 19 heavy (non-hydrogen) atoms. The molecule has 0 aromatic heterocycles. The summed E-state index contributed by atoms with van der Waals surface area (Å²) in [5, 5.41) is 3.26. The van der Waals surface area contributed by atoms with Crippen molar-refractivity contribution in [3.8, 4) is 0 Å². The summed E-state index contributed by atoms with van der Waals surface area (Å²) in [6, 6.07) is 3.85. The van der Waals surface area contributed by atoms with Crippen LogP contribution in [0.4, 0.5) is 14.5 Å². The molecule has 2 saturated carbocycles. The number of anilines is 1. The van der Waals surface area contributed by atoms with Crippen LogP contribution in [0.1, 0.15) is 40.0 Å². The van der Waals surface area contributed by atoms with Crippen molar-refractivity contribution >= 4 is 5.69 Å². The van der Waals surface area contributed by atoms with E-state index in [0.717, 1.165) is 12.5 Å². The number of fused-ring (bicyclic) bond motifs is 2. The third-order valence-corrected chi connectivity index (χ3v) is 6.05. The Morgan fingerprint density at radius 3 is 2.53 bits per heavy atom. The Bertz CT molecular complexity index is 511. The van der Waals surface area contributed by atoms with Gasteiger partial charge in [0, 0.05) is 6.04 Å². The van der Waals surface area contributed by atoms with Gasteiger partial charge in [0.2, 0.25) is 0 Å². The van der Waals surface area contributed by atoms with Crippen LogP contribution in [-0.2, 0) is 0 Å². The van der Waals surface area contributed by atoms with Crippen molar-refractivity contribution in [2.24, 2.45) is 16.7 Å². The monoisotopic (exact) mass is 265 g/mol. The van der Waals surface area contributed by atoms with Crippen LogP contribution in [0.25, 0.3) is 0 Å². The summed E-state index contributed by atoms with van der Waals surface area (Å²) in [6.45, 7) is 6.91. The lowest BCUT2D eigenvalue weighted by atomic mass is 9.69. The van der Waals surface area contributed by atoms with Gasteiger partial charge in [-0.15, -0.1) is 0 Å². The topological polar surface area (TPSA) is 12.0 Å². The van der Waals surface area contributed by atoms with E-state index < -0.39 is 5.82 Å². The molecule has 2 aliphatic rings. The van der Waals surface area contributed by atoms with Gasteiger partial charge in [-0.05, 0) is 54.2 Å². The van der Waals surface area contributed by atoms with E-state index in [-0.39, 0.29) is 22.7 Å². The van der Waals surface area contributed by atoms with Crippen LogP contribution in [-0.4, -0.2) is 6.04 Å². The molecule has 1 aromatic rings. The zero-order valence-corrected chi connectivity index (χ0v) is 11.8. The predicted octanol–water partition coefficient (Wildman–Crippen LogP) is 4.59. The fourth-order valence-electron chi connectivity index (χ4n) is 4.22. The molecular formula is C16H21F2N. The second-order valence-corrected chi connectivity index (χ2v) is 6.93. The minimum Gasteiger partial charge on any atom is -0.379 e. The van der Waals surface area contributed by atoms with Gasteiger partial charge in [-0.1, -0.05) is 20.8 Å². The standard InChI is InChI=1S/C16H21F2N/c1-15(2)10-6-7-16(15,3)14(8-10)19-13-9-11(17)4-5-12(13)18/h4-5,9-10,14,19H,6-8H2,1-3H3. The maximum atomic E-state index is 13.8. The molecule has 2 aliphatic carbocycles. The predicted molar refractivity (Wildman–Crippen MR) is 73.0 cm³/mol. The van der Waals surface area contributed by atoms with Gasteiger partial charge in [-0.25, -0.2) is 8.78 Å². The van der Waals surface area contributed by atoms with Gasteiger partial charge in [-0.2, -0.15) is 0 Å². The number of hydrogen-bond donors (Lipinski definition) is 1. The average Bonchev–Trinajstić information content (AvgIpc) is 2.67. The van der Waals surface area contributed by atoms with Crippen LogP contribution in [0.15, 0.2) is 18.2 Å². The van der Waals surface area contributed by atoms with Crippen molar-refractivity contribution in [2.75, 3.05) is 5.32 Å². The molecule has 0 amide bonds. The summed E-state index contributed by atoms with van der Waals surface area (Å²) in [6.07, 6.45) is 3.48. The lowest BCUT2D eigenvalue weighted by Gasteiger charge is -2.40. The minimum atomic E-state index is -0.392. The zero-order chi connectivity index (χ0) is 13.8. The van der Waals surface area contributed by atoms with E-state index in [2.05, 4.69) is 26.1 Å². The molecular weight excluding hydrogens is 244 g/mol. The molecule has 3 unspecified atom stereocenters. The summed E-state index contributed by atoms with van der Waals surface area (Å²) in [5.41, 5.74) is 0.736. The second-order valence-electron chi connectivity index (χ2n) is 6.93. The highest BCUT2D eigenvalue weighted by Crippen LogP contribution is 2.65. The summed E-state index contributed by atoms with van der Waals surface area (Å²) >= 11 is 0. The van der Waals surface area contributed by atoms with Crippen LogP contribution in [0, 0.1) is 28.4 Å². The third-order valence-electron chi connectivity index (χ3n) is 6.05. The van der Waals surface area contributed by atoms with Gasteiger partial charge in [-0.3, -0.25) is 0 Å². The molecule has 0 radical (unpaired) electrons. The molecule has 3 heteroatoms. The lowest BCUT2D eigenvalue weighted by molar-refractivity contribution is 0.142. The summed E-state index contributed by atoms with van der Waals surface area (Å²) in [5.74, 6) is -0.0753. The smallest absolute Gasteiger partial charge is 0.146 e. The highest BCUT2D eigenvalue weighted by molar-refractivity contribution is 5.47. The largest absolute Gasteiger partial charge is 0.379 e. The van der Waals surface area contributed by atoms with E-state index in [1.807, 2.05) is 0 Å². The van der Waals surface area contributed by atoms with E-state index in [1.165, 1.54) is 25.0 Å². The van der Waals surface area contributed by atoms with E-state index >= 15 is 0 Å². The van der Waals surface area contributed by atoms with Crippen LogP contribution in [0.2, 0.25) is 0 Å². The lowest BCUT2D eigenvalue weighted by Crippen LogP contribution is -2.40. The zero-order valence-electron chi connectivity index (χ0n) is 11.8. The van der Waals surface area contributed by atoms with Gasteiger partial charge >= 0.3 is 0 Å². The first-order chi connectivity index (χ1) is 8.84. The number of nitrogens with one attached hydrogen (secondary N) is 1. The highest BCUT2D eigenvalue weighted by Gasteiger charge is 2.61. The van der Waals surface area contributed by atoms with Crippen molar-refractivity contribution in [2.45, 2.75) is 46.1 Å². The Balaban J connectivity index is 1.88. The van der Waals surface area contributed by atoms with Crippen LogP contribution >= 0.6 is 0 Å². The molecule has 1 aromatic carbocycles. The molecule has 0 spiro atoms. The molecule has 0 aliphatic heterocycles. The van der Waals surface area contributed by atoms with Gasteiger partial charge in [0.15, 0.2) is 0 Å². The van der Waals surface area contributed by atoms with Gasteiger partial charge in [0.1, 0.15) is 11.6 Å². The van der Waals surface area contributed by atoms with E-state index in [4.69, 9.17) is 0 Å². The molecule has 3 atom stereocenters. The second kappa shape index (κ2) is 3.94. The molecule has 0 heterocycles. The summed E-state index contributed by atoms with van der Waals surface area (Å²) < 4.78 is 27.0. The fraction of sp³-hybridized carbons (Fsp3) is 0.625. The maximum absolute atomic E-state index is 13.8. The van der Waals surface area contributed by atoms with E-state index in [9.17, 15) is 8.78 Å². The number of benzene rings is 1. The Kier molecular flexibility index (Phi) is 2.67.